The minimum Gasteiger partial charge on any atom is -0.456 e. The summed E-state index contributed by atoms with van der Waals surface area (Å²) < 4.78 is 67.2. The Hall–Kier alpha value is -3.39. The maximum Gasteiger partial charge on any atom is 0.416 e. The van der Waals surface area contributed by atoms with Crippen LogP contribution in [0.3, 0.4) is 0 Å². The van der Waals surface area contributed by atoms with Gasteiger partial charge in [-0.15, -0.1) is 0 Å². The molecule has 0 radical (unpaired) electrons. The van der Waals surface area contributed by atoms with Crippen molar-refractivity contribution in [1.29, 1.82) is 0 Å². The molecule has 32 heavy (non-hydrogen) atoms. The molecular formula is C17H15ClF3N3O7S. The highest BCUT2D eigenvalue weighted by Gasteiger charge is 2.31. The zero-order valence-electron chi connectivity index (χ0n) is 16.3. The first-order valence-corrected chi connectivity index (χ1v) is 10.4. The van der Waals surface area contributed by atoms with Crippen LogP contribution in [0.15, 0.2) is 36.4 Å². The van der Waals surface area contributed by atoms with E-state index in [1.807, 2.05) is 0 Å². The number of ether oxygens (including phenoxy) is 1. The summed E-state index contributed by atoms with van der Waals surface area (Å²) in [5.41, 5.74) is 2.13. The summed E-state index contributed by atoms with van der Waals surface area (Å²) in [6, 6.07) is 5.09. The summed E-state index contributed by atoms with van der Waals surface area (Å²) in [5.74, 6) is -2.01. The van der Waals surface area contributed by atoms with Crippen LogP contribution in [0.4, 0.5) is 18.9 Å². The highest BCUT2D eigenvalue weighted by atomic mass is 35.5. The molecule has 2 rings (SSSR count). The number of benzene rings is 2. The molecule has 0 saturated heterocycles. The molecule has 0 aliphatic heterocycles. The summed E-state index contributed by atoms with van der Waals surface area (Å²) in [6.45, 7) is 1.31. The quantitative estimate of drug-likeness (QED) is 0.473. The molecule has 0 unspecified atom stereocenters. The van der Waals surface area contributed by atoms with Gasteiger partial charge in [0, 0.05) is 19.1 Å². The van der Waals surface area contributed by atoms with Gasteiger partial charge in [0.05, 0.1) is 21.8 Å². The third-order valence-corrected chi connectivity index (χ3v) is 4.03. The highest BCUT2D eigenvalue weighted by Crippen LogP contribution is 2.37. The van der Waals surface area contributed by atoms with Crippen molar-refractivity contribution in [2.45, 2.75) is 13.1 Å². The van der Waals surface area contributed by atoms with Crippen LogP contribution in [-0.2, 0) is 21.0 Å². The fourth-order valence-corrected chi connectivity index (χ4v) is 2.70. The molecular weight excluding hydrogens is 483 g/mol. The molecule has 3 N–H and O–H groups in total. The number of hydrogen-bond donors (Lipinski definition) is 2. The number of nitro benzene ring substituents is 1. The maximum atomic E-state index is 12.7. The second kappa shape index (κ2) is 10.3. The molecule has 0 saturated carbocycles. The fourth-order valence-electron chi connectivity index (χ4n) is 2.03. The van der Waals surface area contributed by atoms with Crippen LogP contribution >= 0.6 is 11.6 Å². The average molecular weight is 498 g/mol. The van der Waals surface area contributed by atoms with Gasteiger partial charge in [-0.25, -0.2) is 13.1 Å². The van der Waals surface area contributed by atoms with E-state index in [9.17, 15) is 41.3 Å². The second-order valence-corrected chi connectivity index (χ2v) is 8.15. The van der Waals surface area contributed by atoms with Gasteiger partial charge < -0.3 is 10.5 Å². The SMILES string of the molecule is CC(N)=O.CS(=O)(=O)NC(=O)c1cc(Oc2ccc(C(F)(F)F)cc2Cl)ccc1[N+](=O)[O-]. The van der Waals surface area contributed by atoms with Crippen molar-refractivity contribution in [2.24, 2.45) is 5.73 Å². The number of nitrogens with one attached hydrogen (secondary N) is 1. The summed E-state index contributed by atoms with van der Waals surface area (Å²) in [5, 5.41) is 10.7. The smallest absolute Gasteiger partial charge is 0.416 e. The largest absolute Gasteiger partial charge is 0.456 e. The molecule has 0 aliphatic rings. The van der Waals surface area contributed by atoms with Gasteiger partial charge in [0.1, 0.15) is 17.1 Å². The third-order valence-electron chi connectivity index (χ3n) is 3.17. The van der Waals surface area contributed by atoms with Crippen molar-refractivity contribution >= 4 is 39.1 Å². The van der Waals surface area contributed by atoms with E-state index in [2.05, 4.69) is 5.73 Å². The zero-order valence-corrected chi connectivity index (χ0v) is 17.8. The van der Waals surface area contributed by atoms with E-state index in [-0.39, 0.29) is 17.4 Å². The zero-order chi connectivity index (χ0) is 24.9. The van der Waals surface area contributed by atoms with Gasteiger partial charge >= 0.3 is 6.18 Å². The lowest BCUT2D eigenvalue weighted by molar-refractivity contribution is -0.385. The normalized spacial score (nSPS) is 11.1. The molecule has 0 atom stereocenters. The fraction of sp³-hybridized carbons (Fsp3) is 0.176. The number of nitrogens with two attached hydrogens (primary N) is 1. The van der Waals surface area contributed by atoms with Crippen LogP contribution in [-0.4, -0.2) is 31.4 Å². The summed E-state index contributed by atoms with van der Waals surface area (Å²) in [7, 11) is -4.00. The van der Waals surface area contributed by atoms with Crippen LogP contribution in [0.1, 0.15) is 22.8 Å². The Morgan fingerprint density at radius 1 is 1.19 bits per heavy atom. The van der Waals surface area contributed by atoms with Gasteiger partial charge in [0.25, 0.3) is 11.6 Å². The Labute approximate surface area is 184 Å². The molecule has 0 aromatic heterocycles. The lowest BCUT2D eigenvalue weighted by atomic mass is 10.1. The number of alkyl halides is 3. The van der Waals surface area contributed by atoms with Crippen molar-refractivity contribution in [2.75, 3.05) is 6.26 Å². The van der Waals surface area contributed by atoms with E-state index in [1.165, 1.54) is 6.92 Å². The van der Waals surface area contributed by atoms with E-state index in [4.69, 9.17) is 16.3 Å². The Morgan fingerprint density at radius 2 is 1.75 bits per heavy atom. The number of carbonyl (C=O) groups is 2. The Morgan fingerprint density at radius 3 is 2.19 bits per heavy atom. The van der Waals surface area contributed by atoms with Crippen LogP contribution < -0.4 is 15.2 Å². The topological polar surface area (TPSA) is 159 Å². The van der Waals surface area contributed by atoms with Crippen molar-refractivity contribution in [3.8, 4) is 11.5 Å². The van der Waals surface area contributed by atoms with Gasteiger partial charge in [-0.3, -0.25) is 19.7 Å². The van der Waals surface area contributed by atoms with Crippen molar-refractivity contribution < 1.29 is 40.8 Å². The highest BCUT2D eigenvalue weighted by molar-refractivity contribution is 7.89. The molecule has 15 heteroatoms. The monoisotopic (exact) mass is 497 g/mol. The molecule has 0 bridgehead atoms. The molecule has 0 spiro atoms. The Balaban J connectivity index is 0.00000118. The first-order valence-electron chi connectivity index (χ1n) is 8.12. The molecule has 2 amide bonds. The molecule has 0 aliphatic carbocycles. The summed E-state index contributed by atoms with van der Waals surface area (Å²) >= 11 is 5.76. The molecule has 0 heterocycles. The van der Waals surface area contributed by atoms with E-state index in [0.29, 0.717) is 18.4 Å². The number of carbonyl (C=O) groups excluding carboxylic acids is 2. The number of rotatable bonds is 5. The number of hydrogen-bond acceptors (Lipinski definition) is 7. The number of primary amides is 1. The van der Waals surface area contributed by atoms with Gasteiger partial charge in [0.15, 0.2) is 0 Å². The summed E-state index contributed by atoms with van der Waals surface area (Å²) in [4.78, 5) is 31.4. The van der Waals surface area contributed by atoms with E-state index in [0.717, 1.165) is 24.3 Å². The predicted molar refractivity (Wildman–Crippen MR) is 107 cm³/mol. The van der Waals surface area contributed by atoms with Crippen LogP contribution in [0.25, 0.3) is 0 Å². The van der Waals surface area contributed by atoms with Crippen molar-refractivity contribution in [3.63, 3.8) is 0 Å². The van der Waals surface area contributed by atoms with Gasteiger partial charge in [-0.05, 0) is 24.3 Å². The number of nitro groups is 1. The molecule has 10 nitrogen and oxygen atoms in total. The van der Waals surface area contributed by atoms with Crippen LogP contribution in [0, 0.1) is 10.1 Å². The number of sulfonamides is 1. The summed E-state index contributed by atoms with van der Waals surface area (Å²) in [6.07, 6.45) is -3.94. The van der Waals surface area contributed by atoms with Crippen molar-refractivity contribution in [1.82, 2.24) is 4.72 Å². The van der Waals surface area contributed by atoms with E-state index < -0.39 is 48.9 Å². The first kappa shape index (κ1) is 26.6. The number of nitrogens with zero attached hydrogens (tertiary/aromatic N) is 1. The number of amides is 2. The average Bonchev–Trinajstić information content (AvgIpc) is 2.60. The van der Waals surface area contributed by atoms with Crippen LogP contribution in [0.5, 0.6) is 11.5 Å². The molecule has 2 aromatic carbocycles. The third kappa shape index (κ3) is 8.39. The van der Waals surface area contributed by atoms with Gasteiger partial charge in [0.2, 0.25) is 15.9 Å². The molecule has 0 fully saturated rings. The second-order valence-electron chi connectivity index (χ2n) is 6.00. The predicted octanol–water partition coefficient (Wildman–Crippen LogP) is 3.24. The minimum atomic E-state index is -4.62. The molecule has 174 valence electrons. The molecule has 2 aromatic rings. The first-order chi connectivity index (χ1) is 14.5. The lowest BCUT2D eigenvalue weighted by Crippen LogP contribution is -2.29. The Kier molecular flexibility index (Phi) is 8.56. The Bertz CT molecular complexity index is 1150. The standard InChI is InChI=1S/C15H10ClF3N2O6S.C2H5NO/c1-28(25,26)20-14(22)10-7-9(3-4-12(10)21(23)24)27-13-5-2-8(6-11(13)16)15(17,18)19;1-2(3)4/h2-7H,1H3,(H,20,22);1H3,(H2,3,4). The van der Waals surface area contributed by atoms with Gasteiger partial charge in [-0.1, -0.05) is 11.6 Å². The number of halogens is 4. The lowest BCUT2D eigenvalue weighted by Gasteiger charge is -2.12. The van der Waals surface area contributed by atoms with Crippen LogP contribution in [0.2, 0.25) is 5.02 Å². The van der Waals surface area contributed by atoms with Gasteiger partial charge in [-0.2, -0.15) is 13.2 Å². The van der Waals surface area contributed by atoms with Crippen molar-refractivity contribution in [3.05, 3.63) is 62.7 Å². The van der Waals surface area contributed by atoms with E-state index >= 15 is 0 Å². The minimum absolute atomic E-state index is 0.189. The van der Waals surface area contributed by atoms with E-state index in [1.54, 1.807) is 4.72 Å². The maximum absolute atomic E-state index is 12.7.